The monoisotopic (exact) mass is 237 g/mol. The average molecular weight is 237 g/mol. The van der Waals surface area contributed by atoms with Gasteiger partial charge in [-0.3, -0.25) is 0 Å². The van der Waals surface area contributed by atoms with Crippen molar-refractivity contribution in [2.24, 2.45) is 5.92 Å². The standard InChI is InChI=1S/C13H19NOS/c1-3-5-6-11(4-2)8-15-13-10-16-9-12(13)7-14/h9-11H,3-6,8H2,1-2H3. The summed E-state index contributed by atoms with van der Waals surface area (Å²) in [5.74, 6) is 1.37. The highest BCUT2D eigenvalue weighted by Crippen LogP contribution is 2.24. The number of nitriles is 1. The van der Waals surface area contributed by atoms with E-state index < -0.39 is 0 Å². The van der Waals surface area contributed by atoms with Crippen molar-refractivity contribution in [2.75, 3.05) is 6.61 Å². The van der Waals surface area contributed by atoms with Gasteiger partial charge in [-0.25, -0.2) is 0 Å². The molecule has 0 bridgehead atoms. The first-order chi connectivity index (χ1) is 7.81. The zero-order valence-electron chi connectivity index (χ0n) is 10.0. The fourth-order valence-electron chi connectivity index (χ4n) is 1.58. The molecule has 0 aliphatic rings. The first-order valence-corrected chi connectivity index (χ1v) is 6.85. The lowest BCUT2D eigenvalue weighted by Crippen LogP contribution is -2.11. The predicted octanol–water partition coefficient (Wildman–Crippen LogP) is 4.21. The molecule has 1 aromatic heterocycles. The van der Waals surface area contributed by atoms with Gasteiger partial charge in [0.05, 0.1) is 6.61 Å². The minimum Gasteiger partial charge on any atom is -0.491 e. The van der Waals surface area contributed by atoms with Gasteiger partial charge in [0.1, 0.15) is 17.4 Å². The van der Waals surface area contributed by atoms with Crippen LogP contribution >= 0.6 is 11.3 Å². The Morgan fingerprint density at radius 1 is 1.44 bits per heavy atom. The normalized spacial score (nSPS) is 12.1. The molecule has 1 rings (SSSR count). The Balaban J connectivity index is 2.40. The summed E-state index contributed by atoms with van der Waals surface area (Å²) in [7, 11) is 0. The molecule has 0 saturated heterocycles. The maximum absolute atomic E-state index is 8.85. The highest BCUT2D eigenvalue weighted by atomic mass is 32.1. The van der Waals surface area contributed by atoms with Crippen molar-refractivity contribution in [3.05, 3.63) is 16.3 Å². The number of ether oxygens (including phenoxy) is 1. The van der Waals surface area contributed by atoms with Crippen LogP contribution in [0.5, 0.6) is 5.75 Å². The molecule has 0 fully saturated rings. The van der Waals surface area contributed by atoms with Crippen LogP contribution in [-0.4, -0.2) is 6.61 Å². The van der Waals surface area contributed by atoms with Gasteiger partial charge >= 0.3 is 0 Å². The molecule has 0 spiro atoms. The molecular formula is C13H19NOS. The second-order valence-electron chi connectivity index (χ2n) is 3.99. The van der Waals surface area contributed by atoms with Crippen LogP contribution in [0.25, 0.3) is 0 Å². The molecule has 3 heteroatoms. The summed E-state index contributed by atoms with van der Waals surface area (Å²) in [5, 5.41) is 12.6. The van der Waals surface area contributed by atoms with Gasteiger partial charge in [-0.15, -0.1) is 11.3 Å². The van der Waals surface area contributed by atoms with E-state index in [1.165, 1.54) is 30.6 Å². The number of unbranched alkanes of at least 4 members (excludes halogenated alkanes) is 1. The highest BCUT2D eigenvalue weighted by Gasteiger charge is 2.09. The summed E-state index contributed by atoms with van der Waals surface area (Å²) in [6.07, 6.45) is 4.86. The van der Waals surface area contributed by atoms with Crippen LogP contribution in [0.3, 0.4) is 0 Å². The van der Waals surface area contributed by atoms with Crippen LogP contribution in [0.4, 0.5) is 0 Å². The maximum atomic E-state index is 8.85. The van der Waals surface area contributed by atoms with Crippen LogP contribution in [0, 0.1) is 17.2 Å². The van der Waals surface area contributed by atoms with Crippen molar-refractivity contribution < 1.29 is 4.74 Å². The molecule has 16 heavy (non-hydrogen) atoms. The number of nitrogens with zero attached hydrogens (tertiary/aromatic N) is 1. The summed E-state index contributed by atoms with van der Waals surface area (Å²) in [5.41, 5.74) is 0.662. The molecule has 2 nitrogen and oxygen atoms in total. The van der Waals surface area contributed by atoms with E-state index in [2.05, 4.69) is 19.9 Å². The summed E-state index contributed by atoms with van der Waals surface area (Å²) in [6.45, 7) is 5.14. The third kappa shape index (κ3) is 3.86. The molecule has 1 atom stereocenters. The third-order valence-corrected chi connectivity index (χ3v) is 3.49. The van der Waals surface area contributed by atoms with Crippen LogP contribution < -0.4 is 4.74 Å². The topological polar surface area (TPSA) is 33.0 Å². The van der Waals surface area contributed by atoms with E-state index in [0.717, 1.165) is 18.8 Å². The lowest BCUT2D eigenvalue weighted by Gasteiger charge is -2.14. The average Bonchev–Trinajstić information content (AvgIpc) is 2.77. The minimum absolute atomic E-state index is 0.617. The van der Waals surface area contributed by atoms with E-state index in [1.54, 1.807) is 0 Å². The van der Waals surface area contributed by atoms with Crippen molar-refractivity contribution in [3.8, 4) is 11.8 Å². The van der Waals surface area contributed by atoms with E-state index >= 15 is 0 Å². The minimum atomic E-state index is 0.617. The molecule has 0 aliphatic carbocycles. The molecule has 1 unspecified atom stereocenters. The fraction of sp³-hybridized carbons (Fsp3) is 0.615. The second kappa shape index (κ2) is 7.29. The number of rotatable bonds is 7. The molecule has 0 saturated carbocycles. The van der Waals surface area contributed by atoms with Crippen molar-refractivity contribution in [1.29, 1.82) is 5.26 Å². The van der Waals surface area contributed by atoms with Gasteiger partial charge in [0.15, 0.2) is 0 Å². The molecule has 1 aromatic rings. The summed E-state index contributed by atoms with van der Waals surface area (Å²) >= 11 is 1.52. The van der Waals surface area contributed by atoms with Crippen molar-refractivity contribution in [1.82, 2.24) is 0 Å². The van der Waals surface area contributed by atoms with E-state index in [4.69, 9.17) is 10.00 Å². The maximum Gasteiger partial charge on any atom is 0.147 e. The predicted molar refractivity (Wildman–Crippen MR) is 67.8 cm³/mol. The third-order valence-electron chi connectivity index (χ3n) is 2.76. The molecule has 0 N–H and O–H groups in total. The van der Waals surface area contributed by atoms with Gasteiger partial charge in [-0.1, -0.05) is 33.1 Å². The van der Waals surface area contributed by atoms with Crippen molar-refractivity contribution in [2.45, 2.75) is 39.5 Å². The van der Waals surface area contributed by atoms with E-state index in [0.29, 0.717) is 11.5 Å². The van der Waals surface area contributed by atoms with Gasteiger partial charge < -0.3 is 4.74 Å². The Bertz CT molecular complexity index is 340. The van der Waals surface area contributed by atoms with E-state index in [1.807, 2.05) is 10.8 Å². The highest BCUT2D eigenvalue weighted by molar-refractivity contribution is 7.08. The summed E-state index contributed by atoms with van der Waals surface area (Å²) in [4.78, 5) is 0. The SMILES string of the molecule is CCCCC(CC)COc1cscc1C#N. The number of thiophene rings is 1. The van der Waals surface area contributed by atoms with Crippen LogP contribution in [-0.2, 0) is 0 Å². The Morgan fingerprint density at radius 3 is 2.88 bits per heavy atom. The Kier molecular flexibility index (Phi) is 5.95. The summed E-state index contributed by atoms with van der Waals surface area (Å²) < 4.78 is 5.71. The zero-order valence-corrected chi connectivity index (χ0v) is 10.8. The summed E-state index contributed by atoms with van der Waals surface area (Å²) in [6, 6.07) is 2.15. The second-order valence-corrected chi connectivity index (χ2v) is 4.73. The Morgan fingerprint density at radius 2 is 2.25 bits per heavy atom. The molecule has 0 radical (unpaired) electrons. The van der Waals surface area contributed by atoms with Gasteiger partial charge in [0, 0.05) is 10.8 Å². The molecule has 0 aromatic carbocycles. The zero-order chi connectivity index (χ0) is 11.8. The molecule has 0 amide bonds. The van der Waals surface area contributed by atoms with Crippen LogP contribution in [0.1, 0.15) is 45.1 Å². The van der Waals surface area contributed by atoms with Gasteiger partial charge in [0.2, 0.25) is 0 Å². The Hall–Kier alpha value is -1.01. The fourth-order valence-corrected chi connectivity index (χ4v) is 2.28. The lowest BCUT2D eigenvalue weighted by molar-refractivity contribution is 0.233. The first kappa shape index (κ1) is 13.1. The number of hydrogen-bond donors (Lipinski definition) is 0. The van der Waals surface area contributed by atoms with E-state index in [-0.39, 0.29) is 0 Å². The molecule has 88 valence electrons. The van der Waals surface area contributed by atoms with Gasteiger partial charge in [-0.2, -0.15) is 5.26 Å². The van der Waals surface area contributed by atoms with Crippen LogP contribution in [0.2, 0.25) is 0 Å². The van der Waals surface area contributed by atoms with E-state index in [9.17, 15) is 0 Å². The quantitative estimate of drug-likeness (QED) is 0.711. The molecular weight excluding hydrogens is 218 g/mol. The molecule has 1 heterocycles. The van der Waals surface area contributed by atoms with Crippen molar-refractivity contribution in [3.63, 3.8) is 0 Å². The smallest absolute Gasteiger partial charge is 0.147 e. The molecule has 0 aliphatic heterocycles. The van der Waals surface area contributed by atoms with Gasteiger partial charge in [0.25, 0.3) is 0 Å². The lowest BCUT2D eigenvalue weighted by atomic mass is 10.0. The van der Waals surface area contributed by atoms with Gasteiger partial charge in [-0.05, 0) is 12.3 Å². The van der Waals surface area contributed by atoms with Crippen LogP contribution in [0.15, 0.2) is 10.8 Å². The largest absolute Gasteiger partial charge is 0.491 e. The van der Waals surface area contributed by atoms with Crippen molar-refractivity contribution >= 4 is 11.3 Å². The number of hydrogen-bond acceptors (Lipinski definition) is 3. The Labute approximate surface area is 102 Å². The first-order valence-electron chi connectivity index (χ1n) is 5.90.